The van der Waals surface area contributed by atoms with Crippen molar-refractivity contribution in [1.29, 1.82) is 0 Å². The molecule has 1 aliphatic heterocycles. The summed E-state index contributed by atoms with van der Waals surface area (Å²) in [5, 5.41) is 8.52. The van der Waals surface area contributed by atoms with Crippen LogP contribution in [0.3, 0.4) is 0 Å². The number of aromatic nitrogens is 4. The second kappa shape index (κ2) is 6.60. The van der Waals surface area contributed by atoms with E-state index in [9.17, 15) is 0 Å². The Morgan fingerprint density at radius 3 is 2.89 bits per heavy atom. The first kappa shape index (κ1) is 16.7. The Morgan fingerprint density at radius 2 is 2.11 bits per heavy atom. The van der Waals surface area contributed by atoms with Gasteiger partial charge in [-0.25, -0.2) is 9.50 Å². The van der Waals surface area contributed by atoms with E-state index in [0.717, 1.165) is 60.4 Å². The Bertz CT molecular complexity index is 974. The first-order valence-corrected chi connectivity index (χ1v) is 9.97. The number of piperazine rings is 1. The third kappa shape index (κ3) is 3.30. The maximum Gasteiger partial charge on any atom is 0.154 e. The standard InChI is InChI=1S/C21H26N6/c1-14-11-17(7-8-22-14)21-18(12-16-3-4-16)24-19-5-6-20(25-27(19)21)26-10-9-23-15(2)13-26/h5-8,11,15-16,23H,3-4,9-10,12-13H2,1-2H3/t15-/m1/s1. The van der Waals surface area contributed by atoms with Crippen LogP contribution in [-0.2, 0) is 6.42 Å². The number of pyridine rings is 1. The number of hydrogen-bond donors (Lipinski definition) is 1. The summed E-state index contributed by atoms with van der Waals surface area (Å²) >= 11 is 0. The lowest BCUT2D eigenvalue weighted by Crippen LogP contribution is -2.49. The zero-order chi connectivity index (χ0) is 18.4. The van der Waals surface area contributed by atoms with Gasteiger partial charge >= 0.3 is 0 Å². The molecule has 0 radical (unpaired) electrons. The van der Waals surface area contributed by atoms with E-state index in [2.05, 4.69) is 50.9 Å². The van der Waals surface area contributed by atoms with Crippen LogP contribution >= 0.6 is 0 Å². The minimum atomic E-state index is 0.478. The maximum atomic E-state index is 5.02. The average molecular weight is 362 g/mol. The van der Waals surface area contributed by atoms with Gasteiger partial charge in [-0.1, -0.05) is 0 Å². The van der Waals surface area contributed by atoms with Crippen LogP contribution in [0.4, 0.5) is 5.82 Å². The Balaban J connectivity index is 1.63. The number of aryl methyl sites for hydroxylation is 1. The lowest BCUT2D eigenvalue weighted by Gasteiger charge is -2.32. The third-order valence-electron chi connectivity index (χ3n) is 5.58. The Labute approximate surface area is 159 Å². The first-order valence-electron chi connectivity index (χ1n) is 9.97. The highest BCUT2D eigenvalue weighted by Gasteiger charge is 2.26. The van der Waals surface area contributed by atoms with Crippen molar-refractivity contribution in [2.45, 2.75) is 39.2 Å². The molecule has 5 rings (SSSR count). The number of nitrogens with zero attached hydrogens (tertiary/aromatic N) is 5. The van der Waals surface area contributed by atoms with Crippen LogP contribution < -0.4 is 10.2 Å². The fourth-order valence-corrected chi connectivity index (χ4v) is 4.00. The average Bonchev–Trinajstić information content (AvgIpc) is 3.40. The van der Waals surface area contributed by atoms with Crippen molar-refractivity contribution < 1.29 is 0 Å². The van der Waals surface area contributed by atoms with E-state index in [4.69, 9.17) is 10.1 Å². The number of fused-ring (bicyclic) bond motifs is 1. The fraction of sp³-hybridized carbons (Fsp3) is 0.476. The lowest BCUT2D eigenvalue weighted by molar-refractivity contribution is 0.481. The third-order valence-corrected chi connectivity index (χ3v) is 5.58. The van der Waals surface area contributed by atoms with Gasteiger partial charge in [-0.15, -0.1) is 5.10 Å². The monoisotopic (exact) mass is 362 g/mol. The molecule has 1 saturated carbocycles. The summed E-state index contributed by atoms with van der Waals surface area (Å²) in [5.41, 5.74) is 5.41. The molecule has 2 fully saturated rings. The van der Waals surface area contributed by atoms with Crippen molar-refractivity contribution in [3.8, 4) is 11.3 Å². The molecule has 0 spiro atoms. The molecule has 0 amide bonds. The zero-order valence-electron chi connectivity index (χ0n) is 16.0. The van der Waals surface area contributed by atoms with Crippen molar-refractivity contribution >= 4 is 11.5 Å². The van der Waals surface area contributed by atoms with Gasteiger partial charge in [0, 0.05) is 43.1 Å². The molecule has 0 unspecified atom stereocenters. The van der Waals surface area contributed by atoms with Crippen molar-refractivity contribution in [2.24, 2.45) is 5.92 Å². The largest absolute Gasteiger partial charge is 0.352 e. The summed E-state index contributed by atoms with van der Waals surface area (Å²) in [6.45, 7) is 7.21. The summed E-state index contributed by atoms with van der Waals surface area (Å²) < 4.78 is 2.05. The van der Waals surface area contributed by atoms with Crippen molar-refractivity contribution in [1.82, 2.24) is 24.9 Å². The molecule has 0 aromatic carbocycles. The summed E-state index contributed by atoms with van der Waals surface area (Å²) in [6, 6.07) is 8.92. The van der Waals surface area contributed by atoms with Crippen LogP contribution in [0.1, 0.15) is 31.2 Å². The second-order valence-electron chi connectivity index (χ2n) is 8.00. The molecular weight excluding hydrogens is 336 g/mol. The molecule has 6 heteroatoms. The van der Waals surface area contributed by atoms with Gasteiger partial charge in [-0.2, -0.15) is 0 Å². The molecule has 3 aromatic heterocycles. The minimum absolute atomic E-state index is 0.478. The topological polar surface area (TPSA) is 58.4 Å². The van der Waals surface area contributed by atoms with Crippen LogP contribution in [-0.4, -0.2) is 45.3 Å². The SMILES string of the molecule is Cc1cc(-c2c(CC3CC3)nc3ccc(N4CCN[C@H](C)C4)nn23)ccn1. The van der Waals surface area contributed by atoms with E-state index >= 15 is 0 Å². The van der Waals surface area contributed by atoms with Gasteiger partial charge in [0.25, 0.3) is 0 Å². The number of rotatable bonds is 4. The highest BCUT2D eigenvalue weighted by atomic mass is 15.3. The van der Waals surface area contributed by atoms with Crippen LogP contribution in [0.5, 0.6) is 0 Å². The molecule has 0 bridgehead atoms. The van der Waals surface area contributed by atoms with Gasteiger partial charge in [0.05, 0.1) is 11.4 Å². The lowest BCUT2D eigenvalue weighted by atomic mass is 10.1. The molecule has 4 heterocycles. The smallest absolute Gasteiger partial charge is 0.154 e. The second-order valence-corrected chi connectivity index (χ2v) is 8.00. The van der Waals surface area contributed by atoms with Gasteiger partial charge in [0.15, 0.2) is 5.65 Å². The molecule has 1 saturated heterocycles. The van der Waals surface area contributed by atoms with Gasteiger partial charge < -0.3 is 10.2 Å². The van der Waals surface area contributed by atoms with Crippen LogP contribution in [0, 0.1) is 12.8 Å². The number of nitrogens with one attached hydrogen (secondary N) is 1. The van der Waals surface area contributed by atoms with Gasteiger partial charge in [-0.05, 0) is 63.3 Å². The molecule has 1 N–H and O–H groups in total. The van der Waals surface area contributed by atoms with Gasteiger partial charge in [0.1, 0.15) is 5.82 Å². The highest BCUT2D eigenvalue weighted by Crippen LogP contribution is 2.36. The van der Waals surface area contributed by atoms with Crippen LogP contribution in [0.15, 0.2) is 30.5 Å². The quantitative estimate of drug-likeness (QED) is 0.773. The molecule has 1 aliphatic carbocycles. The van der Waals surface area contributed by atoms with Gasteiger partial charge in [0.2, 0.25) is 0 Å². The van der Waals surface area contributed by atoms with E-state index in [1.807, 2.05) is 13.1 Å². The Hall–Kier alpha value is -2.47. The van der Waals surface area contributed by atoms with Crippen LogP contribution in [0.25, 0.3) is 16.9 Å². The van der Waals surface area contributed by atoms with E-state index in [1.54, 1.807) is 0 Å². The number of imidazole rings is 1. The fourth-order valence-electron chi connectivity index (χ4n) is 4.00. The summed E-state index contributed by atoms with van der Waals surface area (Å²) in [5.74, 6) is 1.81. The van der Waals surface area contributed by atoms with E-state index in [0.29, 0.717) is 6.04 Å². The predicted octanol–water partition coefficient (Wildman–Crippen LogP) is 2.85. The molecule has 140 valence electrons. The molecular formula is C21H26N6. The first-order chi connectivity index (χ1) is 13.2. The molecule has 27 heavy (non-hydrogen) atoms. The van der Waals surface area contributed by atoms with E-state index in [-0.39, 0.29) is 0 Å². The van der Waals surface area contributed by atoms with Crippen molar-refractivity contribution in [3.63, 3.8) is 0 Å². The Morgan fingerprint density at radius 1 is 1.22 bits per heavy atom. The van der Waals surface area contributed by atoms with E-state index in [1.165, 1.54) is 18.5 Å². The molecule has 2 aliphatic rings. The van der Waals surface area contributed by atoms with Crippen molar-refractivity contribution in [3.05, 3.63) is 41.9 Å². The summed E-state index contributed by atoms with van der Waals surface area (Å²) in [6.07, 6.45) is 5.56. The zero-order valence-corrected chi connectivity index (χ0v) is 16.0. The van der Waals surface area contributed by atoms with E-state index < -0.39 is 0 Å². The maximum absolute atomic E-state index is 5.02. The summed E-state index contributed by atoms with van der Waals surface area (Å²) in [7, 11) is 0. The number of hydrogen-bond acceptors (Lipinski definition) is 5. The van der Waals surface area contributed by atoms with Crippen LogP contribution in [0.2, 0.25) is 0 Å². The van der Waals surface area contributed by atoms with Gasteiger partial charge in [-0.3, -0.25) is 4.98 Å². The molecule has 1 atom stereocenters. The highest BCUT2D eigenvalue weighted by molar-refractivity contribution is 5.67. The Kier molecular flexibility index (Phi) is 4.08. The predicted molar refractivity (Wildman–Crippen MR) is 107 cm³/mol. The molecule has 6 nitrogen and oxygen atoms in total. The minimum Gasteiger partial charge on any atom is -0.352 e. The normalized spacial score (nSPS) is 20.4. The van der Waals surface area contributed by atoms with Crippen molar-refractivity contribution in [2.75, 3.05) is 24.5 Å². The molecule has 3 aromatic rings. The summed E-state index contributed by atoms with van der Waals surface area (Å²) in [4.78, 5) is 11.7. The number of anilines is 1.